The zero-order valence-corrected chi connectivity index (χ0v) is 24.8. The van der Waals surface area contributed by atoms with E-state index in [1.807, 2.05) is 0 Å². The summed E-state index contributed by atoms with van der Waals surface area (Å²) >= 11 is 0. The van der Waals surface area contributed by atoms with E-state index < -0.39 is 0 Å². The number of para-hydroxylation sites is 3. The third kappa shape index (κ3) is 3.97. The first-order valence-electron chi connectivity index (χ1n) is 14.3. The first-order valence-corrected chi connectivity index (χ1v) is 14.3. The Kier molecular flexibility index (Phi) is 6.37. The second-order valence-corrected chi connectivity index (χ2v) is 11.7. The number of aromatic nitrogens is 3. The average molecular weight is 529 g/mol. The zero-order chi connectivity index (χ0) is 28.3. The fourth-order valence-corrected chi connectivity index (χ4v) is 6.23. The van der Waals surface area contributed by atoms with E-state index in [1.165, 1.54) is 33.4 Å². The first-order chi connectivity index (χ1) is 19.2. The molecule has 0 aliphatic heterocycles. The summed E-state index contributed by atoms with van der Waals surface area (Å²) in [6.07, 6.45) is 0. The molecule has 0 atom stereocenters. The van der Waals surface area contributed by atoms with Crippen LogP contribution < -0.4 is 4.57 Å². The predicted molar refractivity (Wildman–Crippen MR) is 165 cm³/mol. The minimum atomic E-state index is 0.368. The van der Waals surface area contributed by atoms with Crippen LogP contribution >= 0.6 is 0 Å². The Hall–Kier alpha value is -4.18. The molecule has 0 fully saturated rings. The Morgan fingerprint density at radius 1 is 0.700 bits per heavy atom. The van der Waals surface area contributed by atoms with Crippen molar-refractivity contribution in [3.8, 4) is 28.5 Å². The number of rotatable bonds is 5. The van der Waals surface area contributed by atoms with Crippen molar-refractivity contribution < 1.29 is 8.98 Å². The van der Waals surface area contributed by atoms with Gasteiger partial charge in [-0.2, -0.15) is 4.57 Å². The lowest BCUT2D eigenvalue weighted by molar-refractivity contribution is -0.633. The van der Waals surface area contributed by atoms with Crippen LogP contribution in [0.15, 0.2) is 77.2 Å². The fourth-order valence-electron chi connectivity index (χ4n) is 6.23. The standard InChI is InChI=1S/C36H38N3O/c1-21(2)26-15-12-16-27(22(3)4)34(26)39-29-18-10-9-17-28(29)38(8)36(39)32-25(7)19-20-30-33(32)37-35(40-30)31-23(5)13-11-14-24(31)6/h9-22H,1-8H3/q+1. The van der Waals surface area contributed by atoms with Crippen LogP contribution in [-0.4, -0.2) is 9.55 Å². The van der Waals surface area contributed by atoms with Crippen LogP contribution in [0.2, 0.25) is 0 Å². The van der Waals surface area contributed by atoms with E-state index in [1.54, 1.807) is 0 Å². The van der Waals surface area contributed by atoms with Gasteiger partial charge in [0.2, 0.25) is 5.89 Å². The maximum Gasteiger partial charge on any atom is 0.297 e. The molecule has 0 radical (unpaired) electrons. The van der Waals surface area contributed by atoms with Crippen molar-refractivity contribution in [2.45, 2.75) is 60.3 Å². The van der Waals surface area contributed by atoms with Gasteiger partial charge in [0.25, 0.3) is 5.82 Å². The van der Waals surface area contributed by atoms with Gasteiger partial charge < -0.3 is 4.42 Å². The summed E-state index contributed by atoms with van der Waals surface area (Å²) in [6.45, 7) is 15.6. The van der Waals surface area contributed by atoms with Gasteiger partial charge >= 0.3 is 0 Å². The summed E-state index contributed by atoms with van der Waals surface area (Å²) in [7, 11) is 2.17. The Bertz CT molecular complexity index is 1860. The van der Waals surface area contributed by atoms with Gasteiger partial charge in [-0.15, -0.1) is 0 Å². The average Bonchev–Trinajstić information content (AvgIpc) is 3.47. The van der Waals surface area contributed by atoms with Crippen LogP contribution in [0.4, 0.5) is 0 Å². The van der Waals surface area contributed by atoms with Crippen molar-refractivity contribution in [1.29, 1.82) is 0 Å². The third-order valence-corrected chi connectivity index (χ3v) is 8.27. The number of hydrogen-bond acceptors (Lipinski definition) is 2. The Labute approximate surface area is 236 Å². The molecule has 4 heteroatoms. The quantitative estimate of drug-likeness (QED) is 0.209. The summed E-state index contributed by atoms with van der Waals surface area (Å²) in [5.74, 6) is 2.52. The molecular formula is C36H38N3O+. The molecule has 0 N–H and O–H groups in total. The Morgan fingerprint density at radius 3 is 1.95 bits per heavy atom. The molecule has 0 amide bonds. The number of fused-ring (bicyclic) bond motifs is 2. The van der Waals surface area contributed by atoms with Crippen LogP contribution in [0.5, 0.6) is 0 Å². The third-order valence-electron chi connectivity index (χ3n) is 8.27. The van der Waals surface area contributed by atoms with Gasteiger partial charge in [-0.1, -0.05) is 82.3 Å². The lowest BCUT2D eigenvalue weighted by Gasteiger charge is -2.18. The van der Waals surface area contributed by atoms with Gasteiger partial charge in [0.15, 0.2) is 16.6 Å². The van der Waals surface area contributed by atoms with Crippen LogP contribution in [0.3, 0.4) is 0 Å². The molecule has 2 aromatic heterocycles. The van der Waals surface area contributed by atoms with E-state index in [0.717, 1.165) is 39.2 Å². The normalized spacial score (nSPS) is 11.9. The largest absolute Gasteiger partial charge is 0.436 e. The first kappa shape index (κ1) is 26.1. The molecule has 6 rings (SSSR count). The molecule has 0 aliphatic carbocycles. The summed E-state index contributed by atoms with van der Waals surface area (Å²) in [5.41, 5.74) is 13.7. The second kappa shape index (κ2) is 9.78. The summed E-state index contributed by atoms with van der Waals surface area (Å²) in [5, 5.41) is 0. The molecule has 2 heterocycles. The maximum atomic E-state index is 6.49. The highest BCUT2D eigenvalue weighted by Crippen LogP contribution is 2.40. The van der Waals surface area contributed by atoms with Crippen molar-refractivity contribution in [2.24, 2.45) is 7.05 Å². The van der Waals surface area contributed by atoms with E-state index in [0.29, 0.717) is 17.7 Å². The smallest absolute Gasteiger partial charge is 0.297 e. The molecule has 202 valence electrons. The number of nitrogens with zero attached hydrogens (tertiary/aromatic N) is 3. The fraction of sp³-hybridized carbons (Fsp3) is 0.278. The molecule has 0 aliphatic rings. The molecule has 0 saturated carbocycles. The predicted octanol–water partition coefficient (Wildman–Crippen LogP) is 9.10. The number of benzene rings is 4. The van der Waals surface area contributed by atoms with Crippen LogP contribution in [-0.2, 0) is 7.05 Å². The highest BCUT2D eigenvalue weighted by atomic mass is 16.3. The number of hydrogen-bond donors (Lipinski definition) is 0. The van der Waals surface area contributed by atoms with Gasteiger partial charge in [-0.3, -0.25) is 0 Å². The topological polar surface area (TPSA) is 34.8 Å². The van der Waals surface area contributed by atoms with Crippen molar-refractivity contribution in [1.82, 2.24) is 9.55 Å². The number of aryl methyl sites for hydroxylation is 4. The summed E-state index contributed by atoms with van der Waals surface area (Å²) in [4.78, 5) is 5.21. The lowest BCUT2D eigenvalue weighted by atomic mass is 9.92. The Balaban J connectivity index is 1.76. The van der Waals surface area contributed by atoms with E-state index >= 15 is 0 Å². The number of oxazole rings is 1. The maximum absolute atomic E-state index is 6.49. The minimum absolute atomic E-state index is 0.368. The molecule has 0 unspecified atom stereocenters. The molecule has 0 saturated heterocycles. The summed E-state index contributed by atoms with van der Waals surface area (Å²) in [6, 6.07) is 26.0. The van der Waals surface area contributed by atoms with E-state index in [9.17, 15) is 0 Å². The van der Waals surface area contributed by atoms with Crippen molar-refractivity contribution in [3.63, 3.8) is 0 Å². The van der Waals surface area contributed by atoms with Crippen molar-refractivity contribution in [3.05, 3.63) is 101 Å². The number of imidazole rings is 1. The molecule has 4 nitrogen and oxygen atoms in total. The second-order valence-electron chi connectivity index (χ2n) is 11.7. The highest BCUT2D eigenvalue weighted by Gasteiger charge is 2.33. The van der Waals surface area contributed by atoms with Gasteiger partial charge in [0.05, 0.1) is 12.6 Å². The van der Waals surface area contributed by atoms with Gasteiger partial charge in [-0.25, -0.2) is 9.55 Å². The van der Waals surface area contributed by atoms with Gasteiger partial charge in [0.1, 0.15) is 11.2 Å². The van der Waals surface area contributed by atoms with Crippen molar-refractivity contribution in [2.75, 3.05) is 0 Å². The van der Waals surface area contributed by atoms with Crippen LogP contribution in [0.25, 0.3) is 50.7 Å². The molecule has 0 bridgehead atoms. The minimum Gasteiger partial charge on any atom is -0.436 e. The van der Waals surface area contributed by atoms with E-state index in [4.69, 9.17) is 9.40 Å². The van der Waals surface area contributed by atoms with Crippen LogP contribution in [0.1, 0.15) is 67.3 Å². The lowest BCUT2D eigenvalue weighted by Crippen LogP contribution is -2.30. The van der Waals surface area contributed by atoms with Crippen LogP contribution in [0, 0.1) is 20.8 Å². The highest BCUT2D eigenvalue weighted by molar-refractivity contribution is 5.94. The molecule has 6 aromatic rings. The molecule has 40 heavy (non-hydrogen) atoms. The zero-order valence-electron chi connectivity index (χ0n) is 24.8. The van der Waals surface area contributed by atoms with Crippen molar-refractivity contribution >= 4 is 22.1 Å². The van der Waals surface area contributed by atoms with E-state index in [2.05, 4.69) is 137 Å². The van der Waals surface area contributed by atoms with Gasteiger partial charge in [-0.05, 0) is 67.5 Å². The SMILES string of the molecule is Cc1cccc(C)c1-c1nc2c(-c3n(-c4c(C(C)C)cccc4C(C)C)c4ccccc4[n+]3C)c(C)ccc2o1. The Morgan fingerprint density at radius 2 is 1.30 bits per heavy atom. The molecular weight excluding hydrogens is 490 g/mol. The molecule has 0 spiro atoms. The van der Waals surface area contributed by atoms with E-state index in [-0.39, 0.29) is 0 Å². The molecule has 4 aromatic carbocycles. The summed E-state index contributed by atoms with van der Waals surface area (Å²) < 4.78 is 11.3. The monoisotopic (exact) mass is 528 g/mol. The van der Waals surface area contributed by atoms with Gasteiger partial charge in [0, 0.05) is 16.7 Å².